The number of ether oxygens (including phenoxy) is 5. The molecule has 0 aromatic heterocycles. The van der Waals surface area contributed by atoms with E-state index in [0.717, 1.165) is 0 Å². The van der Waals surface area contributed by atoms with Crippen molar-refractivity contribution in [1.82, 2.24) is 5.48 Å². The van der Waals surface area contributed by atoms with Crippen LogP contribution in [0.1, 0.15) is 27.7 Å². The fraction of sp³-hybridized carbons (Fsp3) is 1.00. The highest BCUT2D eigenvalue weighted by atomic mass is 16.9. The molecular formula is C11H19NO6. The predicted octanol–water partition coefficient (Wildman–Crippen LogP) is 0.319. The molecule has 0 unspecified atom stereocenters. The molecule has 0 aliphatic carbocycles. The molecular weight excluding hydrogens is 242 g/mol. The van der Waals surface area contributed by atoms with Gasteiger partial charge in [0.05, 0.1) is 0 Å². The smallest absolute Gasteiger partial charge is 0.192 e. The Balaban J connectivity index is 1.86. The largest absolute Gasteiger partial charge is 0.341 e. The van der Waals surface area contributed by atoms with E-state index >= 15 is 0 Å². The van der Waals surface area contributed by atoms with Crippen LogP contribution in [0.4, 0.5) is 0 Å². The zero-order valence-electron chi connectivity index (χ0n) is 10.9. The lowest BCUT2D eigenvalue weighted by Crippen LogP contribution is -2.59. The highest BCUT2D eigenvalue weighted by Crippen LogP contribution is 2.43. The van der Waals surface area contributed by atoms with Gasteiger partial charge >= 0.3 is 0 Å². The quantitative estimate of drug-likeness (QED) is 0.658. The van der Waals surface area contributed by atoms with Gasteiger partial charge in [-0.2, -0.15) is 5.48 Å². The van der Waals surface area contributed by atoms with Crippen molar-refractivity contribution in [2.24, 2.45) is 0 Å². The van der Waals surface area contributed by atoms with E-state index in [9.17, 15) is 0 Å². The number of hydroxylamine groups is 1. The SMILES string of the molecule is CC1(C)O[C@H]2[C@@H](O1)[C@@H](NO)O[C@@H]1OC(C)(C)O[C@@H]12. The van der Waals surface area contributed by atoms with Gasteiger partial charge in [0, 0.05) is 0 Å². The monoisotopic (exact) mass is 261 g/mol. The summed E-state index contributed by atoms with van der Waals surface area (Å²) in [6, 6.07) is 0. The molecule has 3 heterocycles. The van der Waals surface area contributed by atoms with E-state index in [1.807, 2.05) is 27.7 Å². The van der Waals surface area contributed by atoms with Crippen LogP contribution >= 0.6 is 0 Å². The van der Waals surface area contributed by atoms with Crippen molar-refractivity contribution < 1.29 is 28.9 Å². The van der Waals surface area contributed by atoms with Crippen molar-refractivity contribution >= 4 is 0 Å². The molecule has 0 spiro atoms. The number of hydrogen-bond donors (Lipinski definition) is 2. The van der Waals surface area contributed by atoms with Gasteiger partial charge in [0.1, 0.15) is 18.3 Å². The minimum Gasteiger partial charge on any atom is -0.341 e. The highest BCUT2D eigenvalue weighted by molar-refractivity contribution is 4.98. The summed E-state index contributed by atoms with van der Waals surface area (Å²) >= 11 is 0. The van der Waals surface area contributed by atoms with Gasteiger partial charge in [0.2, 0.25) is 0 Å². The molecule has 0 aromatic rings. The fourth-order valence-electron chi connectivity index (χ4n) is 2.72. The molecule has 0 amide bonds. The van der Waals surface area contributed by atoms with Crippen molar-refractivity contribution in [1.29, 1.82) is 0 Å². The van der Waals surface area contributed by atoms with Gasteiger partial charge in [0.25, 0.3) is 0 Å². The molecule has 0 saturated carbocycles. The Labute approximate surface area is 105 Å². The molecule has 0 aromatic carbocycles. The molecule has 0 bridgehead atoms. The summed E-state index contributed by atoms with van der Waals surface area (Å²) in [6.45, 7) is 7.25. The molecule has 3 rings (SSSR count). The minimum atomic E-state index is -0.737. The van der Waals surface area contributed by atoms with Crippen molar-refractivity contribution in [3.63, 3.8) is 0 Å². The van der Waals surface area contributed by atoms with Crippen LogP contribution in [0.25, 0.3) is 0 Å². The van der Waals surface area contributed by atoms with E-state index in [-0.39, 0.29) is 12.2 Å². The minimum absolute atomic E-state index is 0.342. The predicted molar refractivity (Wildman–Crippen MR) is 57.4 cm³/mol. The third-order valence-corrected chi connectivity index (χ3v) is 3.28. The van der Waals surface area contributed by atoms with Gasteiger partial charge in [-0.3, -0.25) is 0 Å². The Morgan fingerprint density at radius 2 is 1.39 bits per heavy atom. The van der Waals surface area contributed by atoms with Gasteiger partial charge in [-0.05, 0) is 27.7 Å². The van der Waals surface area contributed by atoms with Crippen LogP contribution in [0, 0.1) is 0 Å². The molecule has 7 nitrogen and oxygen atoms in total. The molecule has 2 N–H and O–H groups in total. The molecule has 3 fully saturated rings. The molecule has 104 valence electrons. The summed E-state index contributed by atoms with van der Waals surface area (Å²) in [7, 11) is 0. The molecule has 18 heavy (non-hydrogen) atoms. The van der Waals surface area contributed by atoms with Crippen LogP contribution in [0.2, 0.25) is 0 Å². The van der Waals surface area contributed by atoms with Crippen LogP contribution in [0.5, 0.6) is 0 Å². The summed E-state index contributed by atoms with van der Waals surface area (Å²) in [6.07, 6.45) is -2.43. The van der Waals surface area contributed by atoms with E-state index in [1.165, 1.54) is 0 Å². The van der Waals surface area contributed by atoms with Crippen molar-refractivity contribution in [3.05, 3.63) is 0 Å². The van der Waals surface area contributed by atoms with Gasteiger partial charge in [-0.25, -0.2) is 0 Å². The van der Waals surface area contributed by atoms with E-state index in [1.54, 1.807) is 0 Å². The maximum absolute atomic E-state index is 9.15. The molecule has 3 saturated heterocycles. The lowest BCUT2D eigenvalue weighted by Gasteiger charge is -2.36. The first-order valence-electron chi connectivity index (χ1n) is 6.08. The lowest BCUT2D eigenvalue weighted by molar-refractivity contribution is -0.258. The van der Waals surface area contributed by atoms with Crippen LogP contribution < -0.4 is 5.48 Å². The summed E-state index contributed by atoms with van der Waals surface area (Å²) in [4.78, 5) is 0. The van der Waals surface area contributed by atoms with Crippen LogP contribution in [-0.4, -0.2) is 47.6 Å². The highest BCUT2D eigenvalue weighted by Gasteiger charge is 2.60. The van der Waals surface area contributed by atoms with Gasteiger partial charge in [0.15, 0.2) is 24.1 Å². The van der Waals surface area contributed by atoms with Crippen molar-refractivity contribution in [2.45, 2.75) is 70.1 Å². The standard InChI is InChI=1S/C11H19NO6/c1-10(2)15-5-6(16-10)8(12-13)14-9-7(5)17-11(3,4)18-9/h5-9,12-13H,1-4H3/t5-,6+,7+,8-,9+/m0/s1. The Bertz CT molecular complexity index is 346. The molecule has 3 aliphatic rings. The van der Waals surface area contributed by atoms with Gasteiger partial charge in [-0.15, -0.1) is 0 Å². The Morgan fingerprint density at radius 1 is 0.833 bits per heavy atom. The van der Waals surface area contributed by atoms with E-state index < -0.39 is 30.2 Å². The van der Waals surface area contributed by atoms with E-state index in [2.05, 4.69) is 5.48 Å². The number of hydrogen-bond acceptors (Lipinski definition) is 7. The van der Waals surface area contributed by atoms with E-state index in [0.29, 0.717) is 0 Å². The normalized spacial score (nSPS) is 48.8. The molecule has 7 heteroatoms. The van der Waals surface area contributed by atoms with Crippen molar-refractivity contribution in [2.75, 3.05) is 0 Å². The average Bonchev–Trinajstić information content (AvgIpc) is 2.71. The first-order valence-corrected chi connectivity index (χ1v) is 6.08. The third kappa shape index (κ3) is 1.96. The maximum Gasteiger partial charge on any atom is 0.192 e. The Morgan fingerprint density at radius 3 is 2.06 bits per heavy atom. The fourth-order valence-corrected chi connectivity index (χ4v) is 2.72. The van der Waals surface area contributed by atoms with Crippen LogP contribution in [0.15, 0.2) is 0 Å². The second kappa shape index (κ2) is 3.86. The van der Waals surface area contributed by atoms with Gasteiger partial charge in [-0.1, -0.05) is 0 Å². The number of rotatable bonds is 1. The molecule has 3 aliphatic heterocycles. The first kappa shape index (κ1) is 12.7. The summed E-state index contributed by atoms with van der Waals surface area (Å²) in [5, 5.41) is 9.15. The second-order valence-corrected chi connectivity index (χ2v) is 5.72. The summed E-state index contributed by atoms with van der Waals surface area (Å²) in [5.41, 5.74) is 2.09. The Kier molecular flexibility index (Phi) is 2.73. The molecule has 5 atom stereocenters. The summed E-state index contributed by atoms with van der Waals surface area (Å²) < 4.78 is 28.6. The van der Waals surface area contributed by atoms with E-state index in [4.69, 9.17) is 28.9 Å². The zero-order chi connectivity index (χ0) is 13.1. The lowest BCUT2D eigenvalue weighted by atomic mass is 10.0. The maximum atomic E-state index is 9.15. The van der Waals surface area contributed by atoms with Gasteiger partial charge < -0.3 is 28.9 Å². The second-order valence-electron chi connectivity index (χ2n) is 5.72. The average molecular weight is 261 g/mol. The first-order chi connectivity index (χ1) is 8.31. The Hall–Kier alpha value is -0.280. The topological polar surface area (TPSA) is 78.4 Å². The van der Waals surface area contributed by atoms with Crippen LogP contribution in [0.3, 0.4) is 0 Å². The molecule has 0 radical (unpaired) electrons. The van der Waals surface area contributed by atoms with Crippen molar-refractivity contribution in [3.8, 4) is 0 Å². The van der Waals surface area contributed by atoms with Crippen LogP contribution in [-0.2, 0) is 23.7 Å². The third-order valence-electron chi connectivity index (χ3n) is 3.28. The number of fused-ring (bicyclic) bond motifs is 3. The summed E-state index contributed by atoms with van der Waals surface area (Å²) in [5.74, 6) is -1.47. The zero-order valence-corrected chi connectivity index (χ0v) is 10.9. The number of nitrogens with one attached hydrogen (secondary N) is 1.